The molecule has 0 spiro atoms. The minimum Gasteiger partial charge on any atom is -0.351 e. The molecule has 0 fully saturated rings. The predicted octanol–water partition coefficient (Wildman–Crippen LogP) is 5.46. The van der Waals surface area contributed by atoms with Crippen LogP contribution in [0.2, 0.25) is 15.1 Å². The van der Waals surface area contributed by atoms with E-state index in [0.29, 0.717) is 27.2 Å². The SMILES string of the molecule is Cc1ccc(CNC(=O)CN(Cc2ccc(Cl)c(Cl)c2)S(=O)(=O)c2ccc(Cl)cc2)cc1. The minimum atomic E-state index is -3.98. The van der Waals surface area contributed by atoms with Gasteiger partial charge in [-0.2, -0.15) is 4.31 Å². The van der Waals surface area contributed by atoms with Gasteiger partial charge in [-0.25, -0.2) is 8.42 Å². The second-order valence-electron chi connectivity index (χ2n) is 7.24. The highest BCUT2D eigenvalue weighted by Gasteiger charge is 2.27. The van der Waals surface area contributed by atoms with Crippen molar-refractivity contribution in [2.24, 2.45) is 0 Å². The summed E-state index contributed by atoms with van der Waals surface area (Å²) in [5, 5.41) is 3.85. The standard InChI is InChI=1S/C23H21Cl3N2O3S/c1-16-2-4-17(5-3-16)13-27-23(29)15-28(14-18-6-11-21(25)22(26)12-18)32(30,31)20-9-7-19(24)8-10-20/h2-12H,13-15H2,1H3,(H,27,29). The molecule has 0 saturated carbocycles. The van der Waals surface area contributed by atoms with Gasteiger partial charge < -0.3 is 5.32 Å². The van der Waals surface area contributed by atoms with Crippen LogP contribution >= 0.6 is 34.8 Å². The predicted molar refractivity (Wildman–Crippen MR) is 129 cm³/mol. The lowest BCUT2D eigenvalue weighted by molar-refractivity contribution is -0.121. The first-order valence-corrected chi connectivity index (χ1v) is 12.2. The van der Waals surface area contributed by atoms with E-state index in [0.717, 1.165) is 15.4 Å². The monoisotopic (exact) mass is 510 g/mol. The largest absolute Gasteiger partial charge is 0.351 e. The third-order valence-corrected chi connectivity index (χ3v) is 7.52. The Morgan fingerprint density at radius 2 is 1.50 bits per heavy atom. The number of amides is 1. The number of aryl methyl sites for hydroxylation is 1. The Balaban J connectivity index is 1.81. The highest BCUT2D eigenvalue weighted by Crippen LogP contribution is 2.25. The van der Waals surface area contributed by atoms with Crippen molar-refractivity contribution in [2.45, 2.75) is 24.9 Å². The van der Waals surface area contributed by atoms with Crippen LogP contribution in [0.25, 0.3) is 0 Å². The van der Waals surface area contributed by atoms with Gasteiger partial charge in [0.2, 0.25) is 15.9 Å². The van der Waals surface area contributed by atoms with Gasteiger partial charge in [0.15, 0.2) is 0 Å². The fraction of sp³-hybridized carbons (Fsp3) is 0.174. The maximum Gasteiger partial charge on any atom is 0.243 e. The van der Waals surface area contributed by atoms with Gasteiger partial charge in [-0.05, 0) is 54.4 Å². The first kappa shape index (κ1) is 24.6. The minimum absolute atomic E-state index is 0.0355. The summed E-state index contributed by atoms with van der Waals surface area (Å²) in [6, 6.07) is 18.3. The van der Waals surface area contributed by atoms with Gasteiger partial charge in [0.25, 0.3) is 0 Å². The maximum atomic E-state index is 13.3. The summed E-state index contributed by atoms with van der Waals surface area (Å²) in [4.78, 5) is 12.7. The molecule has 1 amide bonds. The number of hydrogen-bond donors (Lipinski definition) is 1. The molecule has 0 bridgehead atoms. The quantitative estimate of drug-likeness (QED) is 0.436. The number of nitrogens with zero attached hydrogens (tertiary/aromatic N) is 1. The van der Waals surface area contributed by atoms with E-state index >= 15 is 0 Å². The lowest BCUT2D eigenvalue weighted by atomic mass is 10.1. The molecule has 0 unspecified atom stereocenters. The van der Waals surface area contributed by atoms with Crippen molar-refractivity contribution in [3.63, 3.8) is 0 Å². The van der Waals surface area contributed by atoms with Crippen molar-refractivity contribution in [2.75, 3.05) is 6.54 Å². The van der Waals surface area contributed by atoms with Crippen LogP contribution in [-0.2, 0) is 27.9 Å². The van der Waals surface area contributed by atoms with E-state index < -0.39 is 15.9 Å². The number of benzene rings is 3. The summed E-state index contributed by atoms with van der Waals surface area (Å²) >= 11 is 18.0. The molecule has 0 aliphatic rings. The summed E-state index contributed by atoms with van der Waals surface area (Å²) in [6.45, 7) is 1.85. The van der Waals surface area contributed by atoms with E-state index in [1.165, 1.54) is 24.3 Å². The van der Waals surface area contributed by atoms with Crippen LogP contribution in [0.15, 0.2) is 71.6 Å². The van der Waals surface area contributed by atoms with Gasteiger partial charge in [0.05, 0.1) is 21.5 Å². The fourth-order valence-corrected chi connectivity index (χ4v) is 4.78. The lowest BCUT2D eigenvalue weighted by Crippen LogP contribution is -2.40. The van der Waals surface area contributed by atoms with Crippen LogP contribution in [0.1, 0.15) is 16.7 Å². The van der Waals surface area contributed by atoms with Gasteiger partial charge in [0.1, 0.15) is 0 Å². The van der Waals surface area contributed by atoms with E-state index in [9.17, 15) is 13.2 Å². The molecular weight excluding hydrogens is 491 g/mol. The summed E-state index contributed by atoms with van der Waals surface area (Å²) in [5.41, 5.74) is 2.63. The molecule has 32 heavy (non-hydrogen) atoms. The molecule has 3 rings (SSSR count). The Labute approximate surface area is 203 Å². The Kier molecular flexibility index (Phi) is 8.20. The molecule has 5 nitrogen and oxygen atoms in total. The molecule has 0 radical (unpaired) electrons. The molecule has 0 aliphatic heterocycles. The Morgan fingerprint density at radius 1 is 0.875 bits per heavy atom. The average molecular weight is 512 g/mol. The molecule has 0 saturated heterocycles. The van der Waals surface area contributed by atoms with E-state index in [4.69, 9.17) is 34.8 Å². The number of rotatable bonds is 8. The Bertz CT molecular complexity index is 1200. The molecular formula is C23H21Cl3N2O3S. The van der Waals surface area contributed by atoms with Gasteiger partial charge >= 0.3 is 0 Å². The van der Waals surface area contributed by atoms with Crippen molar-refractivity contribution < 1.29 is 13.2 Å². The maximum absolute atomic E-state index is 13.3. The summed E-state index contributed by atoms with van der Waals surface area (Å²) in [6.07, 6.45) is 0. The number of carbonyl (C=O) groups excluding carboxylic acids is 1. The van der Waals surface area contributed by atoms with Crippen molar-refractivity contribution in [3.05, 3.63) is 98.5 Å². The van der Waals surface area contributed by atoms with Crippen LogP contribution in [0.5, 0.6) is 0 Å². The average Bonchev–Trinajstić information content (AvgIpc) is 2.76. The van der Waals surface area contributed by atoms with Crippen LogP contribution in [0, 0.1) is 6.92 Å². The molecule has 0 atom stereocenters. The third kappa shape index (κ3) is 6.47. The van der Waals surface area contributed by atoms with E-state index in [1.54, 1.807) is 18.2 Å². The van der Waals surface area contributed by atoms with E-state index in [2.05, 4.69) is 5.32 Å². The Hall–Kier alpha value is -2.09. The van der Waals surface area contributed by atoms with E-state index in [1.807, 2.05) is 31.2 Å². The third-order valence-electron chi connectivity index (χ3n) is 4.72. The molecule has 3 aromatic rings. The second kappa shape index (κ2) is 10.7. The highest BCUT2D eigenvalue weighted by atomic mass is 35.5. The van der Waals surface area contributed by atoms with Crippen molar-refractivity contribution in [3.8, 4) is 0 Å². The van der Waals surface area contributed by atoms with Crippen molar-refractivity contribution in [1.82, 2.24) is 9.62 Å². The molecule has 0 aliphatic carbocycles. The van der Waals surface area contributed by atoms with Gasteiger partial charge in [-0.1, -0.05) is 70.7 Å². The summed E-state index contributed by atoms with van der Waals surface area (Å²) in [5.74, 6) is -0.428. The number of carbonyl (C=O) groups is 1. The van der Waals surface area contributed by atoms with Crippen molar-refractivity contribution >= 4 is 50.7 Å². The molecule has 168 valence electrons. The molecule has 3 aromatic carbocycles. The first-order chi connectivity index (χ1) is 15.1. The van der Waals surface area contributed by atoms with Crippen LogP contribution in [0.3, 0.4) is 0 Å². The normalized spacial score (nSPS) is 11.5. The topological polar surface area (TPSA) is 66.5 Å². The van der Waals surface area contributed by atoms with Crippen LogP contribution < -0.4 is 5.32 Å². The first-order valence-electron chi connectivity index (χ1n) is 9.67. The zero-order valence-electron chi connectivity index (χ0n) is 17.2. The van der Waals surface area contributed by atoms with Gasteiger partial charge in [0, 0.05) is 18.1 Å². The summed E-state index contributed by atoms with van der Waals surface area (Å²) < 4.78 is 27.7. The summed E-state index contributed by atoms with van der Waals surface area (Å²) in [7, 11) is -3.98. The van der Waals surface area contributed by atoms with Crippen LogP contribution in [0.4, 0.5) is 0 Å². The number of halogens is 3. The molecule has 0 heterocycles. The Morgan fingerprint density at radius 3 is 2.12 bits per heavy atom. The lowest BCUT2D eigenvalue weighted by Gasteiger charge is -2.22. The van der Waals surface area contributed by atoms with Crippen LogP contribution in [-0.4, -0.2) is 25.2 Å². The van der Waals surface area contributed by atoms with Gasteiger partial charge in [-0.15, -0.1) is 0 Å². The fourth-order valence-electron chi connectivity index (χ4n) is 2.95. The molecule has 1 N–H and O–H groups in total. The zero-order chi connectivity index (χ0) is 23.3. The molecule has 0 aromatic heterocycles. The van der Waals surface area contributed by atoms with Gasteiger partial charge in [-0.3, -0.25) is 4.79 Å². The number of nitrogens with one attached hydrogen (secondary N) is 1. The second-order valence-corrected chi connectivity index (χ2v) is 10.4. The number of hydrogen-bond acceptors (Lipinski definition) is 3. The number of sulfonamides is 1. The van der Waals surface area contributed by atoms with Crippen molar-refractivity contribution in [1.29, 1.82) is 0 Å². The van der Waals surface area contributed by atoms with E-state index in [-0.39, 0.29) is 18.0 Å². The highest BCUT2D eigenvalue weighted by molar-refractivity contribution is 7.89. The smallest absolute Gasteiger partial charge is 0.243 e. The molecule has 9 heteroatoms. The zero-order valence-corrected chi connectivity index (χ0v) is 20.3.